The Morgan fingerprint density at radius 1 is 1.23 bits per heavy atom. The van der Waals surface area contributed by atoms with Gasteiger partial charge in [0.1, 0.15) is 0 Å². The molecular weight excluding hydrogens is 226 g/mol. The third-order valence-corrected chi connectivity index (χ3v) is 2.18. The molecule has 0 heterocycles. The number of benzene rings is 1. The van der Waals surface area contributed by atoms with E-state index in [1.54, 1.807) is 0 Å². The minimum absolute atomic E-state index is 0.982. The molecule has 0 saturated heterocycles. The molecule has 0 saturated carbocycles. The maximum absolute atomic E-state index is 3.40. The summed E-state index contributed by atoms with van der Waals surface area (Å²) in [7, 11) is 4.12. The largest absolute Gasteiger partial charge is 0.306 e. The van der Waals surface area contributed by atoms with Gasteiger partial charge in [-0.2, -0.15) is 0 Å². The van der Waals surface area contributed by atoms with Crippen molar-refractivity contribution in [1.82, 2.24) is 4.90 Å². The topological polar surface area (TPSA) is 3.24 Å². The van der Waals surface area contributed by atoms with Gasteiger partial charge < -0.3 is 4.90 Å². The smallest absolute Gasteiger partial charge is 0.0175 e. The summed E-state index contributed by atoms with van der Waals surface area (Å²) in [5, 5.41) is 0. The summed E-state index contributed by atoms with van der Waals surface area (Å²) in [6.45, 7) is 0.982. The SMILES string of the molecule is CN(C)CC=Cc1ccc(Br)cc1. The molecule has 0 aromatic heterocycles. The first-order valence-corrected chi connectivity index (χ1v) is 5.04. The third-order valence-electron chi connectivity index (χ3n) is 1.65. The van der Waals surface area contributed by atoms with Gasteiger partial charge in [0.05, 0.1) is 0 Å². The number of halogens is 1. The molecule has 13 heavy (non-hydrogen) atoms. The van der Waals surface area contributed by atoms with E-state index in [9.17, 15) is 0 Å². The lowest BCUT2D eigenvalue weighted by Gasteiger charge is -2.03. The van der Waals surface area contributed by atoms with Gasteiger partial charge in [0.25, 0.3) is 0 Å². The fraction of sp³-hybridized carbons (Fsp3) is 0.273. The van der Waals surface area contributed by atoms with Gasteiger partial charge in [0.2, 0.25) is 0 Å². The molecule has 0 aliphatic carbocycles. The molecule has 0 amide bonds. The summed E-state index contributed by atoms with van der Waals surface area (Å²) >= 11 is 3.40. The quantitative estimate of drug-likeness (QED) is 0.784. The van der Waals surface area contributed by atoms with Crippen LogP contribution in [0.25, 0.3) is 6.08 Å². The molecule has 1 aromatic carbocycles. The Kier molecular flexibility index (Phi) is 4.19. The molecule has 0 spiro atoms. The number of hydrogen-bond donors (Lipinski definition) is 0. The predicted octanol–water partition coefficient (Wildman–Crippen LogP) is 3.02. The highest BCUT2D eigenvalue weighted by Gasteiger charge is 1.87. The lowest BCUT2D eigenvalue weighted by Crippen LogP contribution is -2.10. The summed E-state index contributed by atoms with van der Waals surface area (Å²) in [4.78, 5) is 2.13. The Balaban J connectivity index is 2.54. The zero-order valence-corrected chi connectivity index (χ0v) is 9.58. The zero-order chi connectivity index (χ0) is 9.68. The van der Waals surface area contributed by atoms with Crippen molar-refractivity contribution in [2.75, 3.05) is 20.6 Å². The van der Waals surface area contributed by atoms with Crippen LogP contribution in [0.2, 0.25) is 0 Å². The summed E-state index contributed by atoms with van der Waals surface area (Å²) in [6, 6.07) is 8.29. The molecule has 0 aliphatic rings. The molecule has 1 rings (SSSR count). The van der Waals surface area contributed by atoms with E-state index in [1.165, 1.54) is 5.56 Å². The van der Waals surface area contributed by atoms with E-state index >= 15 is 0 Å². The van der Waals surface area contributed by atoms with Gasteiger partial charge in [0.15, 0.2) is 0 Å². The average molecular weight is 240 g/mol. The molecule has 0 bridgehead atoms. The van der Waals surface area contributed by atoms with Crippen molar-refractivity contribution in [3.63, 3.8) is 0 Å². The van der Waals surface area contributed by atoms with Crippen molar-refractivity contribution < 1.29 is 0 Å². The fourth-order valence-electron chi connectivity index (χ4n) is 0.973. The number of nitrogens with zero attached hydrogens (tertiary/aromatic N) is 1. The highest BCUT2D eigenvalue weighted by molar-refractivity contribution is 9.10. The Morgan fingerprint density at radius 2 is 1.85 bits per heavy atom. The van der Waals surface area contributed by atoms with Crippen molar-refractivity contribution in [2.24, 2.45) is 0 Å². The Labute approximate surface area is 88.2 Å². The molecule has 70 valence electrons. The maximum Gasteiger partial charge on any atom is 0.0175 e. The summed E-state index contributed by atoms with van der Waals surface area (Å²) in [5.41, 5.74) is 1.24. The Morgan fingerprint density at radius 3 is 2.38 bits per heavy atom. The van der Waals surface area contributed by atoms with Crippen LogP contribution in [0, 0.1) is 0 Å². The molecular formula is C11H14BrN. The molecule has 2 heteroatoms. The molecule has 0 aliphatic heterocycles. The summed E-state index contributed by atoms with van der Waals surface area (Å²) in [5.74, 6) is 0. The van der Waals surface area contributed by atoms with E-state index in [0.29, 0.717) is 0 Å². The molecule has 0 N–H and O–H groups in total. The summed E-state index contributed by atoms with van der Waals surface area (Å²) < 4.78 is 1.12. The van der Waals surface area contributed by atoms with Crippen LogP contribution in [-0.4, -0.2) is 25.5 Å². The minimum atomic E-state index is 0.982. The lowest BCUT2D eigenvalue weighted by molar-refractivity contribution is 0.457. The molecule has 0 unspecified atom stereocenters. The monoisotopic (exact) mass is 239 g/mol. The molecule has 0 radical (unpaired) electrons. The van der Waals surface area contributed by atoms with E-state index < -0.39 is 0 Å². The van der Waals surface area contributed by atoms with Gasteiger partial charge in [-0.25, -0.2) is 0 Å². The van der Waals surface area contributed by atoms with E-state index in [2.05, 4.69) is 71.3 Å². The second-order valence-electron chi connectivity index (χ2n) is 3.22. The second-order valence-corrected chi connectivity index (χ2v) is 4.13. The van der Waals surface area contributed by atoms with Crippen molar-refractivity contribution in [3.8, 4) is 0 Å². The normalized spacial score (nSPS) is 11.4. The highest BCUT2D eigenvalue weighted by atomic mass is 79.9. The summed E-state index contributed by atoms with van der Waals surface area (Å²) in [6.07, 6.45) is 4.29. The van der Waals surface area contributed by atoms with Crippen LogP contribution >= 0.6 is 15.9 Å². The van der Waals surface area contributed by atoms with E-state index in [4.69, 9.17) is 0 Å². The van der Waals surface area contributed by atoms with Crippen molar-refractivity contribution >= 4 is 22.0 Å². The number of hydrogen-bond acceptors (Lipinski definition) is 1. The van der Waals surface area contributed by atoms with Crippen LogP contribution in [0.1, 0.15) is 5.56 Å². The Bertz CT molecular complexity index is 275. The van der Waals surface area contributed by atoms with Gasteiger partial charge in [-0.05, 0) is 31.8 Å². The van der Waals surface area contributed by atoms with E-state index in [0.717, 1.165) is 11.0 Å². The molecule has 0 fully saturated rings. The predicted molar refractivity (Wildman–Crippen MR) is 61.7 cm³/mol. The van der Waals surface area contributed by atoms with Crippen molar-refractivity contribution in [1.29, 1.82) is 0 Å². The first-order valence-electron chi connectivity index (χ1n) is 4.25. The van der Waals surface area contributed by atoms with Gasteiger partial charge in [0, 0.05) is 11.0 Å². The standard InChI is InChI=1S/C11H14BrN/c1-13(2)9-3-4-10-5-7-11(12)8-6-10/h3-8H,9H2,1-2H3. The van der Waals surface area contributed by atoms with Gasteiger partial charge in [-0.15, -0.1) is 0 Å². The van der Waals surface area contributed by atoms with Crippen LogP contribution in [0.3, 0.4) is 0 Å². The molecule has 0 atom stereocenters. The third kappa shape index (κ3) is 4.25. The second kappa shape index (κ2) is 5.20. The van der Waals surface area contributed by atoms with Crippen LogP contribution in [0.15, 0.2) is 34.8 Å². The highest BCUT2D eigenvalue weighted by Crippen LogP contribution is 2.11. The number of likely N-dealkylation sites (N-methyl/N-ethyl adjacent to an activating group) is 1. The van der Waals surface area contributed by atoms with Gasteiger partial charge in [-0.1, -0.05) is 40.2 Å². The average Bonchev–Trinajstić information content (AvgIpc) is 2.08. The fourth-order valence-corrected chi connectivity index (χ4v) is 1.24. The number of rotatable bonds is 3. The molecule has 1 nitrogen and oxygen atoms in total. The van der Waals surface area contributed by atoms with Crippen LogP contribution in [0.5, 0.6) is 0 Å². The van der Waals surface area contributed by atoms with Gasteiger partial charge in [-0.3, -0.25) is 0 Å². The first kappa shape index (κ1) is 10.5. The van der Waals surface area contributed by atoms with Crippen molar-refractivity contribution in [3.05, 3.63) is 40.4 Å². The zero-order valence-electron chi connectivity index (χ0n) is 8.00. The van der Waals surface area contributed by atoms with Crippen LogP contribution in [-0.2, 0) is 0 Å². The minimum Gasteiger partial charge on any atom is -0.306 e. The van der Waals surface area contributed by atoms with Gasteiger partial charge >= 0.3 is 0 Å². The van der Waals surface area contributed by atoms with Crippen LogP contribution in [0.4, 0.5) is 0 Å². The van der Waals surface area contributed by atoms with E-state index in [1.807, 2.05) is 0 Å². The van der Waals surface area contributed by atoms with E-state index in [-0.39, 0.29) is 0 Å². The molecule has 1 aromatic rings. The maximum atomic E-state index is 3.40. The van der Waals surface area contributed by atoms with Crippen molar-refractivity contribution in [2.45, 2.75) is 0 Å². The first-order chi connectivity index (χ1) is 6.18. The lowest BCUT2D eigenvalue weighted by atomic mass is 10.2. The van der Waals surface area contributed by atoms with Crippen LogP contribution < -0.4 is 0 Å². The Hall–Kier alpha value is -0.600.